The van der Waals surface area contributed by atoms with Crippen LogP contribution in [0.25, 0.3) is 0 Å². The van der Waals surface area contributed by atoms with Gasteiger partial charge in [0.2, 0.25) is 0 Å². The van der Waals surface area contributed by atoms with Crippen LogP contribution in [-0.2, 0) is 5.41 Å². The average molecular weight is 300 g/mol. The first-order chi connectivity index (χ1) is 8.76. The van der Waals surface area contributed by atoms with Gasteiger partial charge in [-0.1, -0.05) is 57.0 Å². The monoisotopic (exact) mass is 299 g/mol. The summed E-state index contributed by atoms with van der Waals surface area (Å²) < 4.78 is 0. The first-order valence-corrected chi connectivity index (χ1v) is 7.69. The fraction of sp³-hybridized carbons (Fsp3) is 0.625. The molecule has 0 unspecified atom stereocenters. The van der Waals surface area contributed by atoms with Gasteiger partial charge in [-0.3, -0.25) is 0 Å². The number of nitrogens with one attached hydrogen (secondary N) is 1. The van der Waals surface area contributed by atoms with Crippen LogP contribution in [0, 0.1) is 5.41 Å². The molecule has 0 atom stereocenters. The highest BCUT2D eigenvalue weighted by molar-refractivity contribution is 6.36. The Morgan fingerprint density at radius 1 is 1.16 bits per heavy atom. The number of hydrogen-bond acceptors (Lipinski definition) is 1. The summed E-state index contributed by atoms with van der Waals surface area (Å²) in [6.07, 6.45) is 2.26. The van der Waals surface area contributed by atoms with Gasteiger partial charge in [-0.15, -0.1) is 0 Å². The Kier molecular flexibility index (Phi) is 4.21. The van der Waals surface area contributed by atoms with Gasteiger partial charge in [0, 0.05) is 28.0 Å². The number of benzene rings is 1. The predicted molar refractivity (Wildman–Crippen MR) is 84.3 cm³/mol. The lowest BCUT2D eigenvalue weighted by molar-refractivity contribution is 0.0549. The summed E-state index contributed by atoms with van der Waals surface area (Å²) in [4.78, 5) is 0. The molecule has 19 heavy (non-hydrogen) atoms. The Labute approximate surface area is 126 Å². The van der Waals surface area contributed by atoms with Crippen molar-refractivity contribution >= 4 is 23.2 Å². The fourth-order valence-electron chi connectivity index (χ4n) is 3.57. The second-order valence-corrected chi connectivity index (χ2v) is 7.74. The number of rotatable bonds is 4. The largest absolute Gasteiger partial charge is 0.314 e. The van der Waals surface area contributed by atoms with Gasteiger partial charge in [0.05, 0.1) is 0 Å². The number of hydrogen-bond donors (Lipinski definition) is 1. The molecule has 0 aromatic heterocycles. The van der Waals surface area contributed by atoms with E-state index in [0.717, 1.165) is 35.0 Å². The molecular weight excluding hydrogens is 277 g/mol. The van der Waals surface area contributed by atoms with Crippen LogP contribution in [0.15, 0.2) is 18.2 Å². The molecular formula is C16H23Cl2N. The Bertz CT molecular complexity index is 438. The van der Waals surface area contributed by atoms with E-state index in [0.29, 0.717) is 11.5 Å². The highest BCUT2D eigenvalue weighted by Gasteiger charge is 2.51. The first kappa shape index (κ1) is 15.2. The normalized spacial score (nSPS) is 20.4. The molecule has 1 saturated carbocycles. The Hall–Kier alpha value is -0.240. The Morgan fingerprint density at radius 2 is 1.68 bits per heavy atom. The molecule has 1 aliphatic rings. The van der Waals surface area contributed by atoms with E-state index < -0.39 is 0 Å². The standard InChI is InChI=1S/C16H23Cl2N/c1-11(2)19-10-16(8-15(3,4)9-16)14-12(17)6-5-7-13(14)18/h5-7,11,19H,8-10H2,1-4H3. The molecule has 1 aromatic rings. The van der Waals surface area contributed by atoms with E-state index in [1.54, 1.807) is 0 Å². The van der Waals surface area contributed by atoms with Crippen molar-refractivity contribution in [3.63, 3.8) is 0 Å². The fourth-order valence-corrected chi connectivity index (χ4v) is 4.37. The van der Waals surface area contributed by atoms with E-state index in [-0.39, 0.29) is 5.41 Å². The van der Waals surface area contributed by atoms with Gasteiger partial charge in [0.25, 0.3) is 0 Å². The SMILES string of the molecule is CC(C)NCC1(c2c(Cl)cccc2Cl)CC(C)(C)C1. The van der Waals surface area contributed by atoms with Crippen LogP contribution >= 0.6 is 23.2 Å². The second-order valence-electron chi connectivity index (χ2n) is 6.93. The summed E-state index contributed by atoms with van der Waals surface area (Å²) in [5, 5.41) is 5.16. The van der Waals surface area contributed by atoms with Gasteiger partial charge >= 0.3 is 0 Å². The zero-order valence-electron chi connectivity index (χ0n) is 12.2. The zero-order valence-corrected chi connectivity index (χ0v) is 13.7. The molecule has 1 aromatic carbocycles. The molecule has 0 amide bonds. The van der Waals surface area contributed by atoms with Gasteiger partial charge in [-0.05, 0) is 36.0 Å². The number of halogens is 2. The second kappa shape index (κ2) is 5.27. The summed E-state index contributed by atoms with van der Waals surface area (Å²) in [6, 6.07) is 6.29. The third-order valence-corrected chi connectivity index (χ3v) is 4.61. The van der Waals surface area contributed by atoms with Crippen molar-refractivity contribution in [2.24, 2.45) is 5.41 Å². The van der Waals surface area contributed by atoms with E-state index in [2.05, 4.69) is 33.0 Å². The van der Waals surface area contributed by atoms with Crippen LogP contribution in [0.2, 0.25) is 10.0 Å². The summed E-state index contributed by atoms with van der Waals surface area (Å²) in [5.41, 5.74) is 1.59. The van der Waals surface area contributed by atoms with Gasteiger partial charge in [0.15, 0.2) is 0 Å². The van der Waals surface area contributed by atoms with Gasteiger partial charge in [0.1, 0.15) is 0 Å². The molecule has 1 nitrogen and oxygen atoms in total. The molecule has 3 heteroatoms. The van der Waals surface area contributed by atoms with Crippen molar-refractivity contribution in [3.05, 3.63) is 33.8 Å². The minimum Gasteiger partial charge on any atom is -0.314 e. The molecule has 0 spiro atoms. The van der Waals surface area contributed by atoms with Gasteiger partial charge in [-0.25, -0.2) is 0 Å². The van der Waals surface area contributed by atoms with Crippen molar-refractivity contribution in [2.45, 2.75) is 52.0 Å². The summed E-state index contributed by atoms with van der Waals surface area (Å²) in [5.74, 6) is 0. The van der Waals surface area contributed by atoms with Crippen LogP contribution in [-0.4, -0.2) is 12.6 Å². The van der Waals surface area contributed by atoms with E-state index in [1.807, 2.05) is 18.2 Å². The van der Waals surface area contributed by atoms with Crippen LogP contribution in [0.4, 0.5) is 0 Å². The topological polar surface area (TPSA) is 12.0 Å². The van der Waals surface area contributed by atoms with Crippen LogP contribution < -0.4 is 5.32 Å². The lowest BCUT2D eigenvalue weighted by Gasteiger charge is -2.54. The molecule has 0 saturated heterocycles. The van der Waals surface area contributed by atoms with Crippen molar-refractivity contribution < 1.29 is 0 Å². The quantitative estimate of drug-likeness (QED) is 0.820. The molecule has 1 aliphatic carbocycles. The van der Waals surface area contributed by atoms with Crippen LogP contribution in [0.1, 0.15) is 46.1 Å². The van der Waals surface area contributed by atoms with Crippen LogP contribution in [0.5, 0.6) is 0 Å². The summed E-state index contributed by atoms with van der Waals surface area (Å²) in [7, 11) is 0. The Morgan fingerprint density at radius 3 is 2.11 bits per heavy atom. The first-order valence-electron chi connectivity index (χ1n) is 6.94. The molecule has 2 rings (SSSR count). The summed E-state index contributed by atoms with van der Waals surface area (Å²) >= 11 is 12.8. The maximum Gasteiger partial charge on any atom is 0.0459 e. The molecule has 0 aliphatic heterocycles. The minimum atomic E-state index is 0.0865. The van der Waals surface area contributed by atoms with Crippen molar-refractivity contribution in [2.75, 3.05) is 6.54 Å². The average Bonchev–Trinajstić information content (AvgIpc) is 2.23. The van der Waals surface area contributed by atoms with Crippen molar-refractivity contribution in [1.29, 1.82) is 0 Å². The minimum absolute atomic E-state index is 0.0865. The molecule has 0 heterocycles. The smallest absolute Gasteiger partial charge is 0.0459 e. The highest BCUT2D eigenvalue weighted by Crippen LogP contribution is 2.57. The highest BCUT2D eigenvalue weighted by atomic mass is 35.5. The molecule has 0 bridgehead atoms. The zero-order chi connectivity index (χ0) is 14.3. The third kappa shape index (κ3) is 3.09. The lowest BCUT2D eigenvalue weighted by atomic mass is 9.52. The van der Waals surface area contributed by atoms with Crippen molar-refractivity contribution in [3.8, 4) is 0 Å². The summed E-state index contributed by atoms with van der Waals surface area (Å²) in [6.45, 7) is 9.91. The van der Waals surface area contributed by atoms with Crippen LogP contribution in [0.3, 0.4) is 0 Å². The van der Waals surface area contributed by atoms with E-state index in [4.69, 9.17) is 23.2 Å². The van der Waals surface area contributed by atoms with Gasteiger partial charge in [-0.2, -0.15) is 0 Å². The van der Waals surface area contributed by atoms with E-state index in [9.17, 15) is 0 Å². The molecule has 1 fully saturated rings. The molecule has 0 radical (unpaired) electrons. The maximum absolute atomic E-state index is 6.42. The third-order valence-electron chi connectivity index (χ3n) is 3.98. The predicted octanol–water partition coefficient (Wildman–Crippen LogP) is 5.05. The van der Waals surface area contributed by atoms with Crippen molar-refractivity contribution in [1.82, 2.24) is 5.32 Å². The maximum atomic E-state index is 6.42. The van der Waals surface area contributed by atoms with E-state index >= 15 is 0 Å². The lowest BCUT2D eigenvalue weighted by Crippen LogP contribution is -2.53. The van der Waals surface area contributed by atoms with Gasteiger partial charge < -0.3 is 5.32 Å². The van der Waals surface area contributed by atoms with E-state index in [1.165, 1.54) is 0 Å². The molecule has 106 valence electrons. The molecule has 1 N–H and O–H groups in total. The Balaban J connectivity index is 2.34.